The average molecular weight is 305 g/mol. The molecule has 0 aromatic carbocycles. The van der Waals surface area contributed by atoms with Crippen LogP contribution >= 0.6 is 0 Å². The van der Waals surface area contributed by atoms with E-state index >= 15 is 0 Å². The van der Waals surface area contributed by atoms with Gasteiger partial charge in [0.2, 0.25) is 0 Å². The molecule has 0 heterocycles. The van der Waals surface area contributed by atoms with E-state index < -0.39 is 0 Å². The van der Waals surface area contributed by atoms with Crippen LogP contribution in [0.4, 0.5) is 0 Å². The Labute approximate surface area is 54.6 Å². The Morgan fingerprint density at radius 2 is 0.286 bits per heavy atom. The molecule has 0 atom stereocenters. The van der Waals surface area contributed by atoms with Gasteiger partial charge < -0.3 is 32.9 Å². The van der Waals surface area contributed by atoms with E-state index in [9.17, 15) is 0 Å². The van der Waals surface area contributed by atoms with Gasteiger partial charge in [-0.15, -0.1) is 0 Å². The summed E-state index contributed by atoms with van der Waals surface area (Å²) in [6.45, 7) is 0. The van der Waals surface area contributed by atoms with Crippen LogP contribution in [0.2, 0.25) is 0 Å². The number of hydrogen-bond acceptors (Lipinski definition) is 0. The molecule has 0 unspecified atom stereocenters. The number of rotatable bonds is 0. The minimum atomic E-state index is 0. The van der Waals surface area contributed by atoms with Gasteiger partial charge in [0.15, 0.2) is 0 Å². The van der Waals surface area contributed by atoms with Crippen LogP contribution in [0.1, 0.15) is 0 Å². The predicted octanol–water partition coefficient (Wildman–Crippen LogP) is -5.49. The Bertz CT molecular complexity index is 4.14. The van der Waals surface area contributed by atoms with Crippen molar-refractivity contribution in [1.82, 2.24) is 0 Å². The van der Waals surface area contributed by atoms with Crippen LogP contribution in [-0.2, 0) is 21.1 Å². The van der Waals surface area contributed by atoms with Crippen molar-refractivity contribution < 1.29 is 53.9 Å². The van der Waals surface area contributed by atoms with Crippen LogP contribution in [0.5, 0.6) is 0 Å². The molecule has 0 saturated carbocycles. The van der Waals surface area contributed by atoms with Gasteiger partial charge in [0.1, 0.15) is 0 Å². The van der Waals surface area contributed by atoms with Gasteiger partial charge >= 0.3 is 21.1 Å². The van der Waals surface area contributed by atoms with Crippen LogP contribution in [0.15, 0.2) is 0 Å². The molecule has 0 saturated heterocycles. The van der Waals surface area contributed by atoms with E-state index in [4.69, 9.17) is 0 Å². The van der Waals surface area contributed by atoms with Gasteiger partial charge in [-0.2, -0.15) is 0 Å². The average Bonchev–Trinajstić information content (AvgIpc) is 0. The third kappa shape index (κ3) is 635. The fourth-order valence-corrected chi connectivity index (χ4v) is 0. The molecule has 0 aromatic heterocycles. The zero-order valence-electron chi connectivity index (χ0n) is 3.35. The summed E-state index contributed by atoms with van der Waals surface area (Å²) in [5.74, 6) is 0. The van der Waals surface area contributed by atoms with Gasteiger partial charge in [0, 0.05) is 0 Å². The summed E-state index contributed by atoms with van der Waals surface area (Å²) in [5.41, 5.74) is 0. The predicted molar refractivity (Wildman–Crippen MR) is 24.5 cm³/mol. The standard InChI is InChI=1S/6H2O.Pt.2H/h6*1H2;;;. The second kappa shape index (κ2) is 952. The van der Waals surface area contributed by atoms with E-state index in [0.717, 1.165) is 0 Å². The Balaban J connectivity index is 0. The van der Waals surface area contributed by atoms with E-state index in [1.807, 2.05) is 0 Å². The van der Waals surface area contributed by atoms with Gasteiger partial charge in [0.05, 0.1) is 0 Å². The third-order valence-corrected chi connectivity index (χ3v) is 0. The second-order valence-electron chi connectivity index (χ2n) is 0. The summed E-state index contributed by atoms with van der Waals surface area (Å²) < 4.78 is 0. The van der Waals surface area contributed by atoms with E-state index in [0.29, 0.717) is 0 Å². The zero-order valence-corrected chi connectivity index (χ0v) is 5.89. The molecular weight excluding hydrogens is 291 g/mol. The second-order valence-corrected chi connectivity index (χ2v) is 0. The maximum absolute atomic E-state index is 0. The van der Waals surface area contributed by atoms with Crippen LogP contribution in [0, 0.1) is 0 Å². The van der Waals surface area contributed by atoms with Crippen molar-refractivity contribution in [2.24, 2.45) is 0 Å². The van der Waals surface area contributed by atoms with Gasteiger partial charge in [0.25, 0.3) is 0 Å². The fraction of sp³-hybridized carbons (Fsp3) is 0. The molecular formula is H14O6Pt. The van der Waals surface area contributed by atoms with E-state index in [1.54, 1.807) is 0 Å². The van der Waals surface area contributed by atoms with Crippen molar-refractivity contribution in [2.75, 3.05) is 0 Å². The summed E-state index contributed by atoms with van der Waals surface area (Å²) in [6.07, 6.45) is 0. The first kappa shape index (κ1) is 1540. The SMILES string of the molecule is O.O.O.O.O.O.[PtH2]. The third-order valence-electron chi connectivity index (χ3n) is 0. The van der Waals surface area contributed by atoms with Crippen molar-refractivity contribution in [3.8, 4) is 0 Å². The molecule has 0 aromatic rings. The van der Waals surface area contributed by atoms with E-state index in [-0.39, 0.29) is 53.9 Å². The molecule has 0 radical (unpaired) electrons. The fourth-order valence-electron chi connectivity index (χ4n) is 0. The Hall–Kier alpha value is 0.448. The summed E-state index contributed by atoms with van der Waals surface area (Å²) in [7, 11) is 0. The molecule has 0 spiro atoms. The first-order valence-electron chi connectivity index (χ1n) is 0. The maximum atomic E-state index is 0. The van der Waals surface area contributed by atoms with Crippen LogP contribution in [0.3, 0.4) is 0 Å². The van der Waals surface area contributed by atoms with Crippen LogP contribution in [0.25, 0.3) is 0 Å². The molecule has 0 amide bonds. The van der Waals surface area contributed by atoms with E-state index in [2.05, 4.69) is 0 Å². The molecule has 0 aliphatic carbocycles. The Kier molecular flexibility index (Phi) is 210000. The molecule has 0 rings (SSSR count). The summed E-state index contributed by atoms with van der Waals surface area (Å²) >= 11 is 0. The van der Waals surface area contributed by atoms with Crippen LogP contribution in [-0.4, -0.2) is 32.9 Å². The van der Waals surface area contributed by atoms with Crippen molar-refractivity contribution in [1.29, 1.82) is 0 Å². The molecule has 0 bridgehead atoms. The van der Waals surface area contributed by atoms with Gasteiger partial charge in [-0.05, 0) is 0 Å². The summed E-state index contributed by atoms with van der Waals surface area (Å²) in [4.78, 5) is 0. The molecule has 0 aliphatic heterocycles. The van der Waals surface area contributed by atoms with Crippen LogP contribution < -0.4 is 0 Å². The number of hydrogen-bond donors (Lipinski definition) is 0. The van der Waals surface area contributed by atoms with Gasteiger partial charge in [-0.1, -0.05) is 0 Å². The van der Waals surface area contributed by atoms with E-state index in [1.165, 1.54) is 0 Å². The zero-order chi connectivity index (χ0) is 0. The molecule has 7 heavy (non-hydrogen) atoms. The molecule has 0 aliphatic rings. The summed E-state index contributed by atoms with van der Waals surface area (Å²) in [5, 5.41) is 0. The molecule has 7 heteroatoms. The van der Waals surface area contributed by atoms with Crippen molar-refractivity contribution >= 4 is 0 Å². The normalized spacial score (nSPS) is 0. The molecule has 6 nitrogen and oxygen atoms in total. The molecule has 60 valence electrons. The van der Waals surface area contributed by atoms with Gasteiger partial charge in [-0.3, -0.25) is 0 Å². The Morgan fingerprint density at radius 3 is 0.286 bits per heavy atom. The molecule has 0 fully saturated rings. The van der Waals surface area contributed by atoms with Crippen molar-refractivity contribution in [3.05, 3.63) is 0 Å². The first-order chi connectivity index (χ1) is 0. The van der Waals surface area contributed by atoms with Gasteiger partial charge in [-0.25, -0.2) is 0 Å². The van der Waals surface area contributed by atoms with Crippen molar-refractivity contribution in [2.45, 2.75) is 0 Å². The molecule has 12 N–H and O–H groups in total. The summed E-state index contributed by atoms with van der Waals surface area (Å²) in [6, 6.07) is 0. The monoisotopic (exact) mass is 305 g/mol. The van der Waals surface area contributed by atoms with Crippen molar-refractivity contribution in [3.63, 3.8) is 0 Å². The topological polar surface area (TPSA) is 189 Å². The Morgan fingerprint density at radius 1 is 0.286 bits per heavy atom. The first-order valence-corrected chi connectivity index (χ1v) is 0. The minimum absolute atomic E-state index is 0. The quantitative estimate of drug-likeness (QED) is 0.413.